The van der Waals surface area contributed by atoms with Crippen molar-refractivity contribution in [3.05, 3.63) is 70.3 Å². The maximum absolute atomic E-state index is 9.07. The van der Waals surface area contributed by atoms with E-state index in [0.717, 1.165) is 11.0 Å². The van der Waals surface area contributed by atoms with Crippen LogP contribution < -0.4 is 11.1 Å². The number of fused-ring (bicyclic) bond motifs is 1. The number of pyridine rings is 1. The Labute approximate surface area is 177 Å². The lowest BCUT2D eigenvalue weighted by molar-refractivity contribution is 0.896. The Balaban J connectivity index is 2.11. The second kappa shape index (κ2) is 8.35. The highest BCUT2D eigenvalue weighted by molar-refractivity contribution is 6.38. The number of halogens is 2. The number of hydrogen-bond acceptors (Lipinski definition) is 5. The smallest absolute Gasteiger partial charge is 0.142 e. The first-order chi connectivity index (χ1) is 13.8. The van der Waals surface area contributed by atoms with Crippen LogP contribution in [0.3, 0.4) is 0 Å². The second-order valence-corrected chi connectivity index (χ2v) is 7.13. The minimum absolute atomic E-state index is 0.315. The predicted octanol–water partition coefficient (Wildman–Crippen LogP) is 4.81. The topological polar surface area (TPSA) is 105 Å². The summed E-state index contributed by atoms with van der Waals surface area (Å²) in [4.78, 5) is 8.66. The van der Waals surface area contributed by atoms with Crippen LogP contribution in [-0.2, 0) is 0 Å². The molecule has 0 aliphatic carbocycles. The average molecular weight is 426 g/mol. The van der Waals surface area contributed by atoms with Crippen LogP contribution in [0.1, 0.15) is 19.4 Å². The zero-order valence-corrected chi connectivity index (χ0v) is 17.3. The number of aromatic nitrogens is 3. The van der Waals surface area contributed by atoms with Crippen LogP contribution in [0.2, 0.25) is 10.0 Å². The molecule has 1 aromatic carbocycles. The standard InChI is InChI=1S/C20H17Cl2N7/c1-11(2)6-18(26-12(3)24)27-20-14-10-29(28-17(14)4-5-25-20)19-15(21)7-13(9-23)8-16(19)22/h4-8,10H,1H2,2-3H3,(H2,24,26)(H,25,27)/b18-6+. The van der Waals surface area contributed by atoms with Gasteiger partial charge >= 0.3 is 0 Å². The molecule has 0 bridgehead atoms. The number of benzene rings is 1. The molecule has 146 valence electrons. The summed E-state index contributed by atoms with van der Waals surface area (Å²) in [5, 5.41) is 18.1. The first-order valence-corrected chi connectivity index (χ1v) is 9.23. The first kappa shape index (κ1) is 20.4. The van der Waals surface area contributed by atoms with Gasteiger partial charge in [-0.3, -0.25) is 0 Å². The van der Waals surface area contributed by atoms with Crippen LogP contribution in [0.5, 0.6) is 0 Å². The van der Waals surface area contributed by atoms with E-state index < -0.39 is 0 Å². The number of nitrogens with zero attached hydrogens (tertiary/aromatic N) is 5. The summed E-state index contributed by atoms with van der Waals surface area (Å²) in [6, 6.07) is 6.87. The normalized spacial score (nSPS) is 12.1. The van der Waals surface area contributed by atoms with Gasteiger partial charge in [0.15, 0.2) is 0 Å². The third-order valence-corrected chi connectivity index (χ3v) is 4.31. The molecule has 0 saturated carbocycles. The molecule has 3 aromatic rings. The molecule has 0 atom stereocenters. The summed E-state index contributed by atoms with van der Waals surface area (Å²) in [7, 11) is 0. The number of aliphatic imine (C=N–C) groups is 1. The van der Waals surface area contributed by atoms with Crippen molar-refractivity contribution in [3.8, 4) is 11.8 Å². The fraction of sp³-hybridized carbons (Fsp3) is 0.100. The van der Waals surface area contributed by atoms with Crippen LogP contribution in [0.25, 0.3) is 16.6 Å². The molecular formula is C20H17Cl2N7. The molecule has 7 nitrogen and oxygen atoms in total. The molecule has 0 unspecified atom stereocenters. The number of nitrogens with two attached hydrogens (primary N) is 1. The molecule has 29 heavy (non-hydrogen) atoms. The van der Waals surface area contributed by atoms with Crippen molar-refractivity contribution >= 4 is 45.8 Å². The van der Waals surface area contributed by atoms with E-state index >= 15 is 0 Å². The van der Waals surface area contributed by atoms with E-state index in [1.54, 1.807) is 48.3 Å². The minimum atomic E-state index is 0.315. The summed E-state index contributed by atoms with van der Waals surface area (Å²) in [6.07, 6.45) is 5.14. The largest absolute Gasteiger partial charge is 0.387 e. The fourth-order valence-electron chi connectivity index (χ4n) is 2.65. The van der Waals surface area contributed by atoms with Gasteiger partial charge < -0.3 is 11.1 Å². The number of hydrogen-bond donors (Lipinski definition) is 2. The zero-order valence-electron chi connectivity index (χ0n) is 15.7. The highest BCUT2D eigenvalue weighted by Crippen LogP contribution is 2.32. The van der Waals surface area contributed by atoms with Gasteiger partial charge in [-0.25, -0.2) is 14.7 Å². The average Bonchev–Trinajstić information content (AvgIpc) is 3.04. The number of rotatable bonds is 5. The Morgan fingerprint density at radius 2 is 2.03 bits per heavy atom. The number of amidine groups is 1. The molecule has 0 spiro atoms. The Morgan fingerprint density at radius 1 is 1.34 bits per heavy atom. The van der Waals surface area contributed by atoms with Crippen LogP contribution >= 0.6 is 23.2 Å². The predicted molar refractivity (Wildman–Crippen MR) is 117 cm³/mol. The van der Waals surface area contributed by atoms with Gasteiger partial charge in [-0.1, -0.05) is 35.4 Å². The van der Waals surface area contributed by atoms with Crippen molar-refractivity contribution in [1.82, 2.24) is 14.8 Å². The molecule has 0 saturated heterocycles. The SMILES string of the molecule is C=C(C)/C=C(\N=C(C)N)Nc1nccc2nn(-c3c(Cl)cc(C#N)cc3Cl)cc12. The summed E-state index contributed by atoms with van der Waals surface area (Å²) >= 11 is 12.7. The number of anilines is 1. The number of allylic oxidation sites excluding steroid dienone is 2. The Bertz CT molecular complexity index is 1190. The van der Waals surface area contributed by atoms with Crippen molar-refractivity contribution in [2.75, 3.05) is 5.32 Å². The summed E-state index contributed by atoms with van der Waals surface area (Å²) in [5.41, 5.74) is 8.04. The van der Waals surface area contributed by atoms with E-state index in [-0.39, 0.29) is 0 Å². The van der Waals surface area contributed by atoms with Gasteiger partial charge in [0.05, 0.1) is 38.4 Å². The molecule has 0 aliphatic rings. The summed E-state index contributed by atoms with van der Waals surface area (Å²) < 4.78 is 1.56. The maximum Gasteiger partial charge on any atom is 0.142 e. The summed E-state index contributed by atoms with van der Waals surface area (Å²) in [5.74, 6) is 1.43. The maximum atomic E-state index is 9.07. The van der Waals surface area contributed by atoms with Gasteiger partial charge in [-0.05, 0) is 38.1 Å². The van der Waals surface area contributed by atoms with Crippen LogP contribution in [0.15, 0.2) is 59.6 Å². The number of nitriles is 1. The van der Waals surface area contributed by atoms with Crippen molar-refractivity contribution in [2.24, 2.45) is 10.7 Å². The lowest BCUT2D eigenvalue weighted by Crippen LogP contribution is -2.09. The van der Waals surface area contributed by atoms with Gasteiger partial charge in [0.1, 0.15) is 17.3 Å². The quantitative estimate of drug-likeness (QED) is 0.346. The van der Waals surface area contributed by atoms with Gasteiger partial charge in [-0.2, -0.15) is 10.4 Å². The highest BCUT2D eigenvalue weighted by atomic mass is 35.5. The molecule has 0 aliphatic heterocycles. The lowest BCUT2D eigenvalue weighted by Gasteiger charge is -2.08. The van der Waals surface area contributed by atoms with E-state index in [2.05, 4.69) is 27.0 Å². The van der Waals surface area contributed by atoms with Gasteiger partial charge in [-0.15, -0.1) is 0 Å². The monoisotopic (exact) mass is 425 g/mol. The molecule has 0 radical (unpaired) electrons. The summed E-state index contributed by atoms with van der Waals surface area (Å²) in [6.45, 7) is 7.41. The van der Waals surface area contributed by atoms with Crippen molar-refractivity contribution in [3.63, 3.8) is 0 Å². The van der Waals surface area contributed by atoms with Crippen LogP contribution in [0, 0.1) is 11.3 Å². The minimum Gasteiger partial charge on any atom is -0.387 e. The van der Waals surface area contributed by atoms with Crippen molar-refractivity contribution < 1.29 is 0 Å². The van der Waals surface area contributed by atoms with E-state index in [9.17, 15) is 0 Å². The molecule has 9 heteroatoms. The Morgan fingerprint density at radius 3 is 2.62 bits per heavy atom. The number of nitrogens with one attached hydrogen (secondary N) is 1. The van der Waals surface area contributed by atoms with Crippen LogP contribution in [-0.4, -0.2) is 20.6 Å². The third-order valence-electron chi connectivity index (χ3n) is 3.74. The molecule has 2 aromatic heterocycles. The molecule has 2 heterocycles. The van der Waals surface area contributed by atoms with E-state index in [4.69, 9.17) is 34.2 Å². The van der Waals surface area contributed by atoms with E-state index in [1.807, 2.05) is 13.0 Å². The molecular weight excluding hydrogens is 409 g/mol. The van der Waals surface area contributed by atoms with Gasteiger partial charge in [0.25, 0.3) is 0 Å². The third kappa shape index (κ3) is 4.57. The fourth-order valence-corrected chi connectivity index (χ4v) is 3.31. The van der Waals surface area contributed by atoms with Crippen molar-refractivity contribution in [2.45, 2.75) is 13.8 Å². The zero-order chi connectivity index (χ0) is 21.1. The highest BCUT2D eigenvalue weighted by Gasteiger charge is 2.15. The van der Waals surface area contributed by atoms with E-state index in [0.29, 0.717) is 44.3 Å². The Kier molecular flexibility index (Phi) is 5.87. The Hall–Kier alpha value is -3.34. The molecule has 0 amide bonds. The van der Waals surface area contributed by atoms with Crippen LogP contribution in [0.4, 0.5) is 5.82 Å². The molecule has 3 rings (SSSR count). The van der Waals surface area contributed by atoms with E-state index in [1.165, 1.54) is 0 Å². The molecule has 3 N–H and O–H groups in total. The lowest BCUT2D eigenvalue weighted by atomic mass is 10.2. The second-order valence-electron chi connectivity index (χ2n) is 6.32. The first-order valence-electron chi connectivity index (χ1n) is 8.47. The van der Waals surface area contributed by atoms with Crippen molar-refractivity contribution in [1.29, 1.82) is 5.26 Å². The van der Waals surface area contributed by atoms with Gasteiger partial charge in [0.2, 0.25) is 0 Å². The van der Waals surface area contributed by atoms with Gasteiger partial charge in [0, 0.05) is 12.4 Å². The molecule has 0 fully saturated rings.